The average Bonchev–Trinajstić information content (AvgIpc) is 3.53. The Balaban J connectivity index is 1.37. The molecule has 2 saturated heterocycles. The molecule has 5 atom stereocenters. The number of aromatic nitrogens is 1. The predicted molar refractivity (Wildman–Crippen MR) is 129 cm³/mol. The van der Waals surface area contributed by atoms with Gasteiger partial charge >= 0.3 is 0 Å². The number of H-pyrrole nitrogens is 1. The third-order valence-electron chi connectivity index (χ3n) is 7.99. The molecule has 0 spiro atoms. The Labute approximate surface area is 203 Å². The molecule has 1 aliphatic carbocycles. The lowest BCUT2D eigenvalue weighted by atomic mass is 9.73. The summed E-state index contributed by atoms with van der Waals surface area (Å²) in [5, 5.41) is 6.53. The van der Waals surface area contributed by atoms with Gasteiger partial charge in [0.2, 0.25) is 11.8 Å². The second kappa shape index (κ2) is 9.36. The van der Waals surface area contributed by atoms with Crippen molar-refractivity contribution < 1.29 is 23.9 Å². The molecule has 3 fully saturated rings. The van der Waals surface area contributed by atoms with Crippen LogP contribution < -0.4 is 15.4 Å². The van der Waals surface area contributed by atoms with Gasteiger partial charge in [-0.1, -0.05) is 13.0 Å². The van der Waals surface area contributed by atoms with Crippen LogP contribution in [-0.4, -0.2) is 65.7 Å². The quantitative estimate of drug-likeness (QED) is 0.534. The molecule has 3 aliphatic rings. The normalized spacial score (nSPS) is 26.1. The first-order valence-corrected chi connectivity index (χ1v) is 12.5. The van der Waals surface area contributed by atoms with Gasteiger partial charge < -0.3 is 25.3 Å². The van der Waals surface area contributed by atoms with E-state index in [1.807, 2.05) is 18.2 Å². The van der Waals surface area contributed by atoms with E-state index in [-0.39, 0.29) is 47.7 Å². The number of hydrogen-bond acceptors (Lipinski definition) is 5. The highest BCUT2D eigenvalue weighted by Gasteiger charge is 2.52. The minimum absolute atomic E-state index is 0.0703. The molecule has 3 amide bonds. The monoisotopic (exact) mass is 480 g/mol. The zero-order valence-corrected chi connectivity index (χ0v) is 20.1. The maximum absolute atomic E-state index is 13.6. The van der Waals surface area contributed by atoms with Crippen molar-refractivity contribution in [2.45, 2.75) is 51.1 Å². The molecule has 35 heavy (non-hydrogen) atoms. The van der Waals surface area contributed by atoms with E-state index in [2.05, 4.69) is 15.6 Å². The van der Waals surface area contributed by atoms with Crippen molar-refractivity contribution in [2.75, 3.05) is 20.2 Å². The van der Waals surface area contributed by atoms with Crippen molar-refractivity contribution in [3.05, 3.63) is 30.0 Å². The Morgan fingerprint density at radius 1 is 1.23 bits per heavy atom. The van der Waals surface area contributed by atoms with Crippen molar-refractivity contribution in [1.29, 1.82) is 0 Å². The molecule has 3 heterocycles. The molecule has 186 valence electrons. The molecule has 9 nitrogen and oxygen atoms in total. The molecular formula is C26H32N4O5. The van der Waals surface area contributed by atoms with Crippen molar-refractivity contribution >= 4 is 34.4 Å². The van der Waals surface area contributed by atoms with E-state index in [1.54, 1.807) is 25.0 Å². The van der Waals surface area contributed by atoms with Crippen LogP contribution in [0, 0.1) is 17.8 Å². The molecule has 0 radical (unpaired) electrons. The highest BCUT2D eigenvalue weighted by atomic mass is 16.5. The maximum atomic E-state index is 13.6. The first kappa shape index (κ1) is 23.4. The minimum Gasteiger partial charge on any atom is -0.496 e. The number of benzene rings is 1. The number of ketones is 1. The van der Waals surface area contributed by atoms with Gasteiger partial charge in [-0.2, -0.15) is 0 Å². The molecule has 3 N–H and O–H groups in total. The number of nitrogens with one attached hydrogen (secondary N) is 3. The smallest absolute Gasteiger partial charge is 0.271 e. The van der Waals surface area contributed by atoms with Crippen LogP contribution >= 0.6 is 0 Å². The zero-order valence-electron chi connectivity index (χ0n) is 20.1. The second-order valence-corrected chi connectivity index (χ2v) is 9.90. The Kier molecular flexibility index (Phi) is 6.25. The SMILES string of the molecule is CCC(=O)[C@H](C[C@@H]1CCNC1=O)NC(=O)[C@@H]1[C@H]2CC[C@H]2CN1C(=O)c1cc2c(OC)cccc2[nH]1. The number of likely N-dealkylation sites (tertiary alicyclic amines) is 1. The van der Waals surface area contributed by atoms with Gasteiger partial charge in [0.05, 0.1) is 13.2 Å². The fourth-order valence-corrected chi connectivity index (χ4v) is 5.88. The van der Waals surface area contributed by atoms with Gasteiger partial charge in [-0.3, -0.25) is 19.2 Å². The fraction of sp³-hybridized carbons (Fsp3) is 0.538. The maximum Gasteiger partial charge on any atom is 0.271 e. The summed E-state index contributed by atoms with van der Waals surface area (Å²) in [5.74, 6) is 0.0663. The van der Waals surface area contributed by atoms with Gasteiger partial charge in [0, 0.05) is 36.3 Å². The summed E-state index contributed by atoms with van der Waals surface area (Å²) >= 11 is 0. The van der Waals surface area contributed by atoms with Gasteiger partial charge in [0.1, 0.15) is 17.5 Å². The van der Waals surface area contributed by atoms with Crippen LogP contribution in [0.5, 0.6) is 5.75 Å². The van der Waals surface area contributed by atoms with Crippen molar-refractivity contribution in [3.63, 3.8) is 0 Å². The van der Waals surface area contributed by atoms with Crippen LogP contribution in [0.1, 0.15) is 49.5 Å². The lowest BCUT2D eigenvalue weighted by Crippen LogP contribution is -2.53. The number of Topliss-reactive ketones (excluding diaryl/α,β-unsaturated/α-hetero) is 1. The highest BCUT2D eigenvalue weighted by Crippen LogP contribution is 2.45. The van der Waals surface area contributed by atoms with Crippen LogP contribution in [0.25, 0.3) is 10.9 Å². The van der Waals surface area contributed by atoms with Gasteiger partial charge in [0.25, 0.3) is 5.91 Å². The van der Waals surface area contributed by atoms with E-state index in [0.29, 0.717) is 37.4 Å². The lowest BCUT2D eigenvalue weighted by Gasteiger charge is -2.33. The Morgan fingerprint density at radius 3 is 2.71 bits per heavy atom. The van der Waals surface area contributed by atoms with E-state index in [0.717, 1.165) is 23.7 Å². The fourth-order valence-electron chi connectivity index (χ4n) is 5.88. The summed E-state index contributed by atoms with van der Waals surface area (Å²) in [5.41, 5.74) is 1.20. The number of hydrogen-bond donors (Lipinski definition) is 3. The first-order chi connectivity index (χ1) is 16.9. The number of amides is 3. The van der Waals surface area contributed by atoms with Crippen LogP contribution in [0.3, 0.4) is 0 Å². The number of carbonyl (C=O) groups excluding carboxylic acids is 4. The lowest BCUT2D eigenvalue weighted by molar-refractivity contribution is -0.132. The minimum atomic E-state index is -0.727. The molecule has 1 saturated carbocycles. The number of fused-ring (bicyclic) bond motifs is 2. The number of aromatic amines is 1. The molecule has 9 heteroatoms. The number of ether oxygens (including phenoxy) is 1. The topological polar surface area (TPSA) is 121 Å². The molecule has 2 aromatic rings. The second-order valence-electron chi connectivity index (χ2n) is 9.90. The van der Waals surface area contributed by atoms with E-state index in [9.17, 15) is 19.2 Å². The summed E-state index contributed by atoms with van der Waals surface area (Å²) in [7, 11) is 1.59. The van der Waals surface area contributed by atoms with Gasteiger partial charge in [-0.05, 0) is 55.7 Å². The Bertz CT molecular complexity index is 1170. The average molecular weight is 481 g/mol. The van der Waals surface area contributed by atoms with E-state index in [1.165, 1.54) is 0 Å². The summed E-state index contributed by atoms with van der Waals surface area (Å²) in [4.78, 5) is 56.7. The highest BCUT2D eigenvalue weighted by molar-refractivity contribution is 6.02. The molecule has 1 aromatic heterocycles. The Hall–Kier alpha value is -3.36. The van der Waals surface area contributed by atoms with E-state index < -0.39 is 12.1 Å². The molecule has 2 aliphatic heterocycles. The molecule has 0 unspecified atom stereocenters. The molecule has 5 rings (SSSR count). The molecular weight excluding hydrogens is 448 g/mol. The number of carbonyl (C=O) groups is 4. The van der Waals surface area contributed by atoms with Gasteiger partial charge in [-0.15, -0.1) is 0 Å². The summed E-state index contributed by atoms with van der Waals surface area (Å²) in [6.07, 6.45) is 3.09. The van der Waals surface area contributed by atoms with Crippen molar-refractivity contribution in [2.24, 2.45) is 17.8 Å². The van der Waals surface area contributed by atoms with Crippen LogP contribution in [0.4, 0.5) is 0 Å². The third kappa shape index (κ3) is 4.17. The van der Waals surface area contributed by atoms with Crippen molar-refractivity contribution in [3.8, 4) is 5.75 Å². The number of nitrogens with zero attached hydrogens (tertiary/aromatic N) is 1. The summed E-state index contributed by atoms with van der Waals surface area (Å²) in [6.45, 7) is 2.87. The summed E-state index contributed by atoms with van der Waals surface area (Å²) < 4.78 is 5.42. The van der Waals surface area contributed by atoms with E-state index in [4.69, 9.17) is 4.74 Å². The van der Waals surface area contributed by atoms with Crippen LogP contribution in [-0.2, 0) is 14.4 Å². The Morgan fingerprint density at radius 2 is 2.06 bits per heavy atom. The van der Waals surface area contributed by atoms with Crippen LogP contribution in [0.15, 0.2) is 24.3 Å². The van der Waals surface area contributed by atoms with Crippen LogP contribution in [0.2, 0.25) is 0 Å². The standard InChI is InChI=1S/C26H32N4O5/c1-3-21(31)19(11-14-9-10-27-24(14)32)29-25(33)23-16-8-7-15(16)13-30(23)26(34)20-12-17-18(28-20)5-4-6-22(17)35-2/h4-6,12,14-16,19,23,28H,3,7-11,13H2,1-2H3,(H,27,32)(H,29,33)/t14-,15-,16-,19-,23-/m0/s1. The predicted octanol–water partition coefficient (Wildman–Crippen LogP) is 2.02. The first-order valence-electron chi connectivity index (χ1n) is 12.5. The van der Waals surface area contributed by atoms with Gasteiger partial charge in [-0.25, -0.2) is 0 Å². The number of methoxy groups -OCH3 is 1. The third-order valence-corrected chi connectivity index (χ3v) is 7.99. The molecule has 1 aromatic carbocycles. The van der Waals surface area contributed by atoms with Gasteiger partial charge in [0.15, 0.2) is 5.78 Å². The zero-order chi connectivity index (χ0) is 24.7. The summed E-state index contributed by atoms with van der Waals surface area (Å²) in [6, 6.07) is 5.99. The molecule has 0 bridgehead atoms. The van der Waals surface area contributed by atoms with E-state index >= 15 is 0 Å². The van der Waals surface area contributed by atoms with Crippen molar-refractivity contribution in [1.82, 2.24) is 20.5 Å². The largest absolute Gasteiger partial charge is 0.496 e. The number of rotatable bonds is 8.